The van der Waals surface area contributed by atoms with Crippen molar-refractivity contribution in [2.75, 3.05) is 7.05 Å². The van der Waals surface area contributed by atoms with Crippen molar-refractivity contribution < 1.29 is 4.39 Å². The van der Waals surface area contributed by atoms with Gasteiger partial charge in [-0.15, -0.1) is 0 Å². The van der Waals surface area contributed by atoms with Gasteiger partial charge in [-0.3, -0.25) is 4.90 Å². The highest BCUT2D eigenvalue weighted by molar-refractivity contribution is 5.25. The molecule has 0 aliphatic carbocycles. The maximum absolute atomic E-state index is 14.1. The van der Waals surface area contributed by atoms with E-state index in [-0.39, 0.29) is 12.4 Å². The minimum atomic E-state index is -0.149. The second kappa shape index (κ2) is 6.86. The summed E-state index contributed by atoms with van der Waals surface area (Å²) in [7, 11) is 2.04. The number of nitrogens with zero attached hydrogens (tertiary/aromatic N) is 1. The fourth-order valence-electron chi connectivity index (χ4n) is 2.20. The van der Waals surface area contributed by atoms with Gasteiger partial charge in [0.1, 0.15) is 5.82 Å². The summed E-state index contributed by atoms with van der Waals surface area (Å²) in [4.78, 5) is 2.19. The lowest BCUT2D eigenvalue weighted by molar-refractivity contribution is 0.218. The van der Waals surface area contributed by atoms with Gasteiger partial charge in [0.2, 0.25) is 0 Å². The molecule has 1 unspecified atom stereocenters. The minimum absolute atomic E-state index is 0.149. The fourth-order valence-corrected chi connectivity index (χ4v) is 2.20. The molecule has 0 aliphatic heterocycles. The first-order valence-electron chi connectivity index (χ1n) is 6.62. The lowest BCUT2D eigenvalue weighted by Gasteiger charge is -2.26. The standard InChI is InChI=1S/C15H25FN2/c1-11(2)8-12(3)18(4)10-14-7-5-6-13(9-17)15(14)16/h5-7,11-12H,8-10,17H2,1-4H3. The average Bonchev–Trinajstić information content (AvgIpc) is 2.30. The number of rotatable bonds is 6. The van der Waals surface area contributed by atoms with Crippen LogP contribution in [0, 0.1) is 11.7 Å². The highest BCUT2D eigenvalue weighted by Crippen LogP contribution is 2.17. The van der Waals surface area contributed by atoms with Crippen molar-refractivity contribution in [3.8, 4) is 0 Å². The Kier molecular flexibility index (Phi) is 5.76. The first-order valence-corrected chi connectivity index (χ1v) is 6.62. The lowest BCUT2D eigenvalue weighted by atomic mass is 10.0. The largest absolute Gasteiger partial charge is 0.326 e. The summed E-state index contributed by atoms with van der Waals surface area (Å²) >= 11 is 0. The molecule has 1 aromatic carbocycles. The van der Waals surface area contributed by atoms with Crippen molar-refractivity contribution in [1.82, 2.24) is 4.90 Å². The number of benzene rings is 1. The van der Waals surface area contributed by atoms with E-state index in [1.165, 1.54) is 0 Å². The normalized spacial score (nSPS) is 13.3. The quantitative estimate of drug-likeness (QED) is 0.842. The number of nitrogens with two attached hydrogens (primary N) is 1. The Bertz CT molecular complexity index is 377. The first kappa shape index (κ1) is 15.1. The molecular formula is C15H25FN2. The molecule has 0 spiro atoms. The van der Waals surface area contributed by atoms with Crippen molar-refractivity contribution in [3.63, 3.8) is 0 Å². The van der Waals surface area contributed by atoms with E-state index in [0.29, 0.717) is 24.1 Å². The Labute approximate surface area is 110 Å². The highest BCUT2D eigenvalue weighted by atomic mass is 19.1. The summed E-state index contributed by atoms with van der Waals surface area (Å²) in [6, 6.07) is 5.91. The number of hydrogen-bond donors (Lipinski definition) is 1. The van der Waals surface area contributed by atoms with Gasteiger partial charge in [-0.05, 0) is 26.3 Å². The summed E-state index contributed by atoms with van der Waals surface area (Å²) in [5, 5.41) is 0. The van der Waals surface area contributed by atoms with Crippen LogP contribution in [-0.2, 0) is 13.1 Å². The Morgan fingerprint density at radius 1 is 1.22 bits per heavy atom. The summed E-state index contributed by atoms with van der Waals surface area (Å²) in [5.41, 5.74) is 6.85. The van der Waals surface area contributed by atoms with Crippen LogP contribution >= 0.6 is 0 Å². The van der Waals surface area contributed by atoms with Crippen molar-refractivity contribution in [3.05, 3.63) is 35.1 Å². The van der Waals surface area contributed by atoms with Crippen LogP contribution in [0.25, 0.3) is 0 Å². The average molecular weight is 252 g/mol. The summed E-state index contributed by atoms with van der Waals surface area (Å²) < 4.78 is 14.1. The molecule has 1 atom stereocenters. The summed E-state index contributed by atoms with van der Waals surface area (Å²) in [6.45, 7) is 7.49. The van der Waals surface area contributed by atoms with Gasteiger partial charge in [-0.25, -0.2) is 4.39 Å². The Balaban J connectivity index is 2.72. The number of hydrogen-bond acceptors (Lipinski definition) is 2. The second-order valence-corrected chi connectivity index (χ2v) is 5.49. The van der Waals surface area contributed by atoms with Gasteiger partial charge >= 0.3 is 0 Å². The van der Waals surface area contributed by atoms with E-state index < -0.39 is 0 Å². The summed E-state index contributed by atoms with van der Waals surface area (Å²) in [6.07, 6.45) is 1.12. The van der Waals surface area contributed by atoms with E-state index in [1.807, 2.05) is 19.2 Å². The molecule has 0 bridgehead atoms. The SMILES string of the molecule is CC(C)CC(C)N(C)Cc1cccc(CN)c1F. The van der Waals surface area contributed by atoms with Crippen LogP contribution in [0.2, 0.25) is 0 Å². The lowest BCUT2D eigenvalue weighted by Crippen LogP contribution is -2.30. The van der Waals surface area contributed by atoms with E-state index >= 15 is 0 Å². The van der Waals surface area contributed by atoms with Crippen LogP contribution in [0.4, 0.5) is 4.39 Å². The molecule has 0 heterocycles. The van der Waals surface area contributed by atoms with E-state index in [4.69, 9.17) is 5.73 Å². The molecule has 0 amide bonds. The van der Waals surface area contributed by atoms with E-state index in [0.717, 1.165) is 12.0 Å². The molecule has 0 fully saturated rings. The molecule has 2 nitrogen and oxygen atoms in total. The highest BCUT2D eigenvalue weighted by Gasteiger charge is 2.14. The van der Waals surface area contributed by atoms with Gasteiger partial charge in [0, 0.05) is 30.3 Å². The molecular weight excluding hydrogens is 227 g/mol. The summed E-state index contributed by atoms with van der Waals surface area (Å²) in [5.74, 6) is 0.506. The van der Waals surface area contributed by atoms with Crippen molar-refractivity contribution in [2.24, 2.45) is 11.7 Å². The molecule has 2 N–H and O–H groups in total. The van der Waals surface area contributed by atoms with Gasteiger partial charge in [-0.2, -0.15) is 0 Å². The van der Waals surface area contributed by atoms with Crippen LogP contribution < -0.4 is 5.73 Å². The van der Waals surface area contributed by atoms with E-state index in [1.54, 1.807) is 6.07 Å². The van der Waals surface area contributed by atoms with Crippen LogP contribution in [0.15, 0.2) is 18.2 Å². The monoisotopic (exact) mass is 252 g/mol. The van der Waals surface area contributed by atoms with Crippen LogP contribution in [0.1, 0.15) is 38.3 Å². The zero-order valence-electron chi connectivity index (χ0n) is 11.9. The fraction of sp³-hybridized carbons (Fsp3) is 0.600. The van der Waals surface area contributed by atoms with Gasteiger partial charge in [0.25, 0.3) is 0 Å². The van der Waals surface area contributed by atoms with Gasteiger partial charge in [-0.1, -0.05) is 32.0 Å². The molecule has 1 aromatic rings. The zero-order chi connectivity index (χ0) is 13.7. The van der Waals surface area contributed by atoms with E-state index in [2.05, 4.69) is 25.7 Å². The topological polar surface area (TPSA) is 29.3 Å². The molecule has 102 valence electrons. The van der Waals surface area contributed by atoms with Crippen molar-refractivity contribution >= 4 is 0 Å². The Morgan fingerprint density at radius 3 is 2.39 bits per heavy atom. The maximum Gasteiger partial charge on any atom is 0.132 e. The predicted octanol–water partition coefficient (Wildman–Crippen LogP) is 3.15. The molecule has 0 radical (unpaired) electrons. The first-order chi connectivity index (χ1) is 8.45. The smallest absolute Gasteiger partial charge is 0.132 e. The molecule has 1 rings (SSSR count). The third kappa shape index (κ3) is 4.07. The number of halogens is 1. The minimum Gasteiger partial charge on any atom is -0.326 e. The molecule has 0 aromatic heterocycles. The molecule has 18 heavy (non-hydrogen) atoms. The second-order valence-electron chi connectivity index (χ2n) is 5.49. The van der Waals surface area contributed by atoms with Gasteiger partial charge in [0.05, 0.1) is 0 Å². The third-order valence-corrected chi connectivity index (χ3v) is 3.36. The van der Waals surface area contributed by atoms with Crippen LogP contribution in [0.5, 0.6) is 0 Å². The zero-order valence-corrected chi connectivity index (χ0v) is 11.9. The molecule has 0 saturated heterocycles. The van der Waals surface area contributed by atoms with E-state index in [9.17, 15) is 4.39 Å². The Morgan fingerprint density at radius 2 is 1.83 bits per heavy atom. The molecule has 0 aliphatic rings. The molecule has 0 saturated carbocycles. The third-order valence-electron chi connectivity index (χ3n) is 3.36. The molecule has 3 heteroatoms. The van der Waals surface area contributed by atoms with Crippen molar-refractivity contribution in [2.45, 2.75) is 46.3 Å². The van der Waals surface area contributed by atoms with Crippen LogP contribution in [-0.4, -0.2) is 18.0 Å². The maximum atomic E-state index is 14.1. The van der Waals surface area contributed by atoms with Gasteiger partial charge in [0.15, 0.2) is 0 Å². The Hall–Kier alpha value is -0.930. The predicted molar refractivity (Wildman–Crippen MR) is 74.7 cm³/mol. The van der Waals surface area contributed by atoms with Crippen molar-refractivity contribution in [1.29, 1.82) is 0 Å². The van der Waals surface area contributed by atoms with Crippen LogP contribution in [0.3, 0.4) is 0 Å². The van der Waals surface area contributed by atoms with Gasteiger partial charge < -0.3 is 5.73 Å².